The zero-order valence-corrected chi connectivity index (χ0v) is 12.1. The van der Waals surface area contributed by atoms with Crippen LogP contribution in [0.2, 0.25) is 0 Å². The van der Waals surface area contributed by atoms with Crippen molar-refractivity contribution < 1.29 is 4.92 Å². The van der Waals surface area contributed by atoms with Crippen molar-refractivity contribution in [2.45, 2.75) is 12.8 Å². The van der Waals surface area contributed by atoms with Crippen molar-refractivity contribution in [3.05, 3.63) is 31.9 Å². The van der Waals surface area contributed by atoms with E-state index in [1.807, 2.05) is 28.7 Å². The van der Waals surface area contributed by atoms with Crippen LogP contribution in [0, 0.1) is 19.6 Å². The van der Waals surface area contributed by atoms with Gasteiger partial charge in [-0.15, -0.1) is 0 Å². The van der Waals surface area contributed by atoms with E-state index in [9.17, 15) is 10.1 Å². The van der Waals surface area contributed by atoms with Gasteiger partial charge in [-0.05, 0) is 66.6 Å². The SMILES string of the molecule is O=[N+]([O-])c1ccc(NCC2CCCNC2)cc1I. The summed E-state index contributed by atoms with van der Waals surface area (Å²) in [5.74, 6) is 0.645. The Morgan fingerprint density at radius 2 is 2.39 bits per heavy atom. The van der Waals surface area contributed by atoms with Crippen LogP contribution in [0.4, 0.5) is 11.4 Å². The molecule has 1 aromatic rings. The molecule has 2 N–H and O–H groups in total. The average Bonchev–Trinajstić information content (AvgIpc) is 2.37. The van der Waals surface area contributed by atoms with Crippen molar-refractivity contribution in [1.29, 1.82) is 0 Å². The highest BCUT2D eigenvalue weighted by molar-refractivity contribution is 14.1. The first kappa shape index (κ1) is 13.5. The third kappa shape index (κ3) is 3.55. The molecule has 2 rings (SSSR count). The number of halogens is 1. The number of anilines is 1. The topological polar surface area (TPSA) is 67.2 Å². The molecule has 5 nitrogen and oxygen atoms in total. The second-order valence-electron chi connectivity index (χ2n) is 4.52. The molecule has 1 saturated heterocycles. The molecule has 0 saturated carbocycles. The molecular weight excluding hydrogens is 345 g/mol. The predicted molar refractivity (Wildman–Crippen MR) is 79.9 cm³/mol. The lowest BCUT2D eigenvalue weighted by molar-refractivity contribution is -0.385. The molecule has 0 spiro atoms. The lowest BCUT2D eigenvalue weighted by Gasteiger charge is -2.23. The van der Waals surface area contributed by atoms with Crippen molar-refractivity contribution in [2.24, 2.45) is 5.92 Å². The lowest BCUT2D eigenvalue weighted by atomic mass is 10.00. The highest BCUT2D eigenvalue weighted by atomic mass is 127. The third-order valence-corrected chi connectivity index (χ3v) is 4.00. The number of hydrogen-bond donors (Lipinski definition) is 2. The van der Waals surface area contributed by atoms with E-state index in [0.29, 0.717) is 9.49 Å². The fourth-order valence-corrected chi connectivity index (χ4v) is 2.84. The van der Waals surface area contributed by atoms with Gasteiger partial charge in [-0.2, -0.15) is 0 Å². The molecule has 1 heterocycles. The van der Waals surface area contributed by atoms with Gasteiger partial charge in [-0.1, -0.05) is 0 Å². The van der Waals surface area contributed by atoms with E-state index in [-0.39, 0.29) is 10.6 Å². The Balaban J connectivity index is 1.93. The maximum Gasteiger partial charge on any atom is 0.282 e. The molecule has 0 aliphatic carbocycles. The second kappa shape index (κ2) is 6.33. The van der Waals surface area contributed by atoms with Crippen molar-refractivity contribution >= 4 is 34.0 Å². The van der Waals surface area contributed by atoms with Crippen LogP contribution in [0.15, 0.2) is 18.2 Å². The minimum Gasteiger partial charge on any atom is -0.385 e. The quantitative estimate of drug-likeness (QED) is 0.492. The highest BCUT2D eigenvalue weighted by Gasteiger charge is 2.14. The Kier molecular flexibility index (Phi) is 4.76. The van der Waals surface area contributed by atoms with Crippen LogP contribution in [0.25, 0.3) is 0 Å². The zero-order chi connectivity index (χ0) is 13.0. The first-order valence-electron chi connectivity index (χ1n) is 6.05. The number of hydrogen-bond acceptors (Lipinski definition) is 4. The van der Waals surface area contributed by atoms with Crippen molar-refractivity contribution in [2.75, 3.05) is 25.0 Å². The van der Waals surface area contributed by atoms with Crippen LogP contribution in [0.5, 0.6) is 0 Å². The van der Waals surface area contributed by atoms with E-state index < -0.39 is 0 Å². The fraction of sp³-hybridized carbons (Fsp3) is 0.500. The zero-order valence-electron chi connectivity index (χ0n) is 9.99. The number of benzene rings is 1. The van der Waals surface area contributed by atoms with Crippen LogP contribution in [0.3, 0.4) is 0 Å². The minimum atomic E-state index is -0.351. The Bertz CT molecular complexity index is 433. The summed E-state index contributed by atoms with van der Waals surface area (Å²) >= 11 is 2.00. The normalized spacial score (nSPS) is 19.5. The van der Waals surface area contributed by atoms with Crippen LogP contribution in [0.1, 0.15) is 12.8 Å². The molecule has 1 aliphatic heterocycles. The molecule has 1 atom stereocenters. The maximum absolute atomic E-state index is 10.7. The maximum atomic E-state index is 10.7. The summed E-state index contributed by atoms with van der Waals surface area (Å²) < 4.78 is 0.671. The molecule has 1 aromatic carbocycles. The van der Waals surface area contributed by atoms with Gasteiger partial charge in [0.05, 0.1) is 8.49 Å². The van der Waals surface area contributed by atoms with Crippen LogP contribution in [-0.4, -0.2) is 24.6 Å². The Morgan fingerprint density at radius 1 is 1.56 bits per heavy atom. The highest BCUT2D eigenvalue weighted by Crippen LogP contribution is 2.24. The molecule has 0 aromatic heterocycles. The summed E-state index contributed by atoms with van der Waals surface area (Å²) in [4.78, 5) is 10.4. The van der Waals surface area contributed by atoms with Crippen molar-refractivity contribution in [1.82, 2.24) is 5.32 Å². The van der Waals surface area contributed by atoms with E-state index >= 15 is 0 Å². The molecule has 0 bridgehead atoms. The number of nitro groups is 1. The van der Waals surface area contributed by atoms with Gasteiger partial charge < -0.3 is 10.6 Å². The molecular formula is C12H16IN3O2. The van der Waals surface area contributed by atoms with Crippen molar-refractivity contribution in [3.63, 3.8) is 0 Å². The molecule has 0 radical (unpaired) electrons. The van der Waals surface area contributed by atoms with Gasteiger partial charge in [0.2, 0.25) is 0 Å². The third-order valence-electron chi connectivity index (χ3n) is 3.14. The first-order valence-corrected chi connectivity index (χ1v) is 7.13. The van der Waals surface area contributed by atoms with E-state index in [2.05, 4.69) is 10.6 Å². The van der Waals surface area contributed by atoms with Crippen LogP contribution in [-0.2, 0) is 0 Å². The summed E-state index contributed by atoms with van der Waals surface area (Å²) in [6.07, 6.45) is 2.47. The average molecular weight is 361 g/mol. The van der Waals surface area contributed by atoms with Gasteiger partial charge in [0.25, 0.3) is 5.69 Å². The van der Waals surface area contributed by atoms with Gasteiger partial charge in [-0.3, -0.25) is 10.1 Å². The van der Waals surface area contributed by atoms with Crippen LogP contribution < -0.4 is 10.6 Å². The fourth-order valence-electron chi connectivity index (χ4n) is 2.13. The largest absolute Gasteiger partial charge is 0.385 e. The van der Waals surface area contributed by atoms with Crippen molar-refractivity contribution in [3.8, 4) is 0 Å². The molecule has 6 heteroatoms. The number of piperidine rings is 1. The van der Waals surface area contributed by atoms with Gasteiger partial charge in [0.15, 0.2) is 0 Å². The molecule has 1 fully saturated rings. The standard InChI is InChI=1S/C12H16IN3O2/c13-11-6-10(3-4-12(11)16(17)18)15-8-9-2-1-5-14-7-9/h3-4,6,9,14-15H,1-2,5,7-8H2. The summed E-state index contributed by atoms with van der Waals surface area (Å²) in [5, 5.41) is 17.4. The van der Waals surface area contributed by atoms with Gasteiger partial charge in [0.1, 0.15) is 0 Å². The first-order chi connectivity index (χ1) is 8.66. The van der Waals surface area contributed by atoms with Crippen LogP contribution >= 0.6 is 22.6 Å². The molecule has 1 unspecified atom stereocenters. The van der Waals surface area contributed by atoms with E-state index in [4.69, 9.17) is 0 Å². The number of nitrogens with zero attached hydrogens (tertiary/aromatic N) is 1. The lowest BCUT2D eigenvalue weighted by Crippen LogP contribution is -2.33. The Hall–Kier alpha value is -0.890. The number of nitro benzene ring substituents is 1. The Morgan fingerprint density at radius 3 is 3.00 bits per heavy atom. The summed E-state index contributed by atoms with van der Waals surface area (Å²) in [5.41, 5.74) is 1.12. The van der Waals surface area contributed by atoms with Gasteiger partial charge in [-0.25, -0.2) is 0 Å². The van der Waals surface area contributed by atoms with E-state index in [1.54, 1.807) is 12.1 Å². The van der Waals surface area contributed by atoms with Gasteiger partial charge in [0, 0.05) is 18.3 Å². The number of rotatable bonds is 4. The molecule has 0 amide bonds. The summed E-state index contributed by atoms with van der Waals surface area (Å²) in [6.45, 7) is 3.09. The Labute approximate surface area is 120 Å². The number of nitrogens with one attached hydrogen (secondary N) is 2. The molecule has 98 valence electrons. The smallest absolute Gasteiger partial charge is 0.282 e. The van der Waals surface area contributed by atoms with E-state index in [0.717, 1.165) is 25.3 Å². The predicted octanol–water partition coefficient (Wildman–Crippen LogP) is 2.61. The monoisotopic (exact) mass is 361 g/mol. The molecule has 1 aliphatic rings. The second-order valence-corrected chi connectivity index (χ2v) is 5.68. The minimum absolute atomic E-state index is 0.167. The van der Waals surface area contributed by atoms with Gasteiger partial charge >= 0.3 is 0 Å². The molecule has 18 heavy (non-hydrogen) atoms. The van der Waals surface area contributed by atoms with E-state index in [1.165, 1.54) is 12.8 Å². The summed E-state index contributed by atoms with van der Waals surface area (Å²) in [6, 6.07) is 5.16. The summed E-state index contributed by atoms with van der Waals surface area (Å²) in [7, 11) is 0.